The Morgan fingerprint density at radius 2 is 2.32 bits per heavy atom. The van der Waals surface area contributed by atoms with Gasteiger partial charge < -0.3 is 4.98 Å². The number of hydrogen-bond acceptors (Lipinski definition) is 2. The maximum Gasteiger partial charge on any atom is 0.327 e. The number of H-pyrrole nitrogens is 1. The molecule has 5 heteroatoms. The van der Waals surface area contributed by atoms with Gasteiger partial charge in [0, 0.05) is 16.9 Å². The fourth-order valence-electron chi connectivity index (χ4n) is 1.88. The number of nitrogens with one attached hydrogen (secondary N) is 1. The highest BCUT2D eigenvalue weighted by atomic mass is 79.9. The van der Waals surface area contributed by atoms with Crippen LogP contribution >= 0.6 is 15.9 Å². The van der Waals surface area contributed by atoms with E-state index in [1.54, 1.807) is 23.1 Å². The maximum absolute atomic E-state index is 12.1. The number of imidazole rings is 1. The molecule has 0 aliphatic rings. The van der Waals surface area contributed by atoms with Gasteiger partial charge in [-0.15, -0.1) is 6.58 Å². The highest BCUT2D eigenvalue weighted by Crippen LogP contribution is 2.21. The number of aromatic amines is 1. The standard InChI is InChI=1S/C14H14BrN3O/c1-3-11(7-8-16-4-2)18-13-9-10(15)5-6-12(13)17-14(18)19/h3-9,11H,1H2,2H3,(H,17,19)/b8-7-,16-4-. The fourth-order valence-corrected chi connectivity index (χ4v) is 2.23. The molecule has 19 heavy (non-hydrogen) atoms. The summed E-state index contributed by atoms with van der Waals surface area (Å²) in [7, 11) is 0. The number of rotatable bonds is 4. The van der Waals surface area contributed by atoms with Crippen molar-refractivity contribution in [2.75, 3.05) is 0 Å². The maximum atomic E-state index is 12.1. The molecule has 0 amide bonds. The van der Waals surface area contributed by atoms with Gasteiger partial charge in [-0.2, -0.15) is 0 Å². The molecular weight excluding hydrogens is 306 g/mol. The second kappa shape index (κ2) is 5.84. The largest absolute Gasteiger partial charge is 0.327 e. The van der Waals surface area contributed by atoms with E-state index in [2.05, 4.69) is 32.5 Å². The Hall–Kier alpha value is -1.88. The van der Waals surface area contributed by atoms with Crippen molar-refractivity contribution < 1.29 is 0 Å². The number of hydrogen-bond donors (Lipinski definition) is 1. The number of halogens is 1. The highest BCUT2D eigenvalue weighted by molar-refractivity contribution is 9.10. The first-order chi connectivity index (χ1) is 9.17. The summed E-state index contributed by atoms with van der Waals surface area (Å²) in [4.78, 5) is 18.9. The van der Waals surface area contributed by atoms with Gasteiger partial charge in [0.25, 0.3) is 0 Å². The van der Waals surface area contributed by atoms with E-state index < -0.39 is 0 Å². The summed E-state index contributed by atoms with van der Waals surface area (Å²) in [5.41, 5.74) is 1.46. The van der Waals surface area contributed by atoms with Crippen molar-refractivity contribution in [3.63, 3.8) is 0 Å². The van der Waals surface area contributed by atoms with Crippen LogP contribution in [-0.4, -0.2) is 15.8 Å². The van der Waals surface area contributed by atoms with E-state index in [0.29, 0.717) is 0 Å². The average molecular weight is 320 g/mol. The Bertz CT molecular complexity index is 709. The van der Waals surface area contributed by atoms with Crippen LogP contribution in [0.15, 0.2) is 57.4 Å². The van der Waals surface area contributed by atoms with Crippen LogP contribution in [0.2, 0.25) is 0 Å². The molecule has 0 bridgehead atoms. The van der Waals surface area contributed by atoms with Crippen LogP contribution in [0.1, 0.15) is 13.0 Å². The molecule has 0 saturated carbocycles. The van der Waals surface area contributed by atoms with Gasteiger partial charge in [-0.05, 0) is 31.2 Å². The van der Waals surface area contributed by atoms with Crippen molar-refractivity contribution in [1.29, 1.82) is 0 Å². The lowest BCUT2D eigenvalue weighted by Gasteiger charge is -2.09. The highest BCUT2D eigenvalue weighted by Gasteiger charge is 2.12. The zero-order valence-corrected chi connectivity index (χ0v) is 12.1. The Balaban J connectivity index is 2.59. The normalized spacial score (nSPS) is 13.6. The zero-order chi connectivity index (χ0) is 13.8. The van der Waals surface area contributed by atoms with Crippen LogP contribution in [0.5, 0.6) is 0 Å². The van der Waals surface area contributed by atoms with Gasteiger partial charge in [0.2, 0.25) is 0 Å². The number of allylic oxidation sites excluding steroid dienone is 2. The minimum Gasteiger partial charge on any atom is -0.306 e. The minimum absolute atomic E-state index is 0.164. The van der Waals surface area contributed by atoms with Crippen LogP contribution in [0.25, 0.3) is 11.0 Å². The van der Waals surface area contributed by atoms with Crippen LogP contribution in [0.4, 0.5) is 0 Å². The van der Waals surface area contributed by atoms with Crippen LogP contribution in [-0.2, 0) is 0 Å². The molecule has 1 heterocycles. The summed E-state index contributed by atoms with van der Waals surface area (Å²) >= 11 is 3.41. The number of benzene rings is 1. The van der Waals surface area contributed by atoms with E-state index in [1.807, 2.05) is 31.2 Å². The molecule has 1 aromatic heterocycles. The van der Waals surface area contributed by atoms with Gasteiger partial charge in [-0.1, -0.05) is 22.0 Å². The number of fused-ring (bicyclic) bond motifs is 1. The van der Waals surface area contributed by atoms with E-state index in [0.717, 1.165) is 15.5 Å². The lowest BCUT2D eigenvalue weighted by Crippen LogP contribution is -2.19. The summed E-state index contributed by atoms with van der Waals surface area (Å²) in [5, 5.41) is 0. The molecule has 1 unspecified atom stereocenters. The summed E-state index contributed by atoms with van der Waals surface area (Å²) in [6.45, 7) is 5.61. The lowest BCUT2D eigenvalue weighted by atomic mass is 10.2. The van der Waals surface area contributed by atoms with Crippen LogP contribution in [0.3, 0.4) is 0 Å². The summed E-state index contributed by atoms with van der Waals surface area (Å²) in [6, 6.07) is 5.42. The van der Waals surface area contributed by atoms with Gasteiger partial charge >= 0.3 is 5.69 Å². The van der Waals surface area contributed by atoms with Crippen LogP contribution < -0.4 is 5.69 Å². The van der Waals surface area contributed by atoms with E-state index in [-0.39, 0.29) is 11.7 Å². The number of nitrogens with zero attached hydrogens (tertiary/aromatic N) is 2. The molecule has 2 aromatic rings. The molecule has 0 aliphatic carbocycles. The van der Waals surface area contributed by atoms with E-state index >= 15 is 0 Å². The topological polar surface area (TPSA) is 50.1 Å². The van der Waals surface area contributed by atoms with Gasteiger partial charge in [0.1, 0.15) is 0 Å². The van der Waals surface area contributed by atoms with Crippen molar-refractivity contribution in [2.45, 2.75) is 13.0 Å². The molecule has 0 radical (unpaired) electrons. The van der Waals surface area contributed by atoms with E-state index in [1.165, 1.54) is 0 Å². The summed E-state index contributed by atoms with van der Waals surface area (Å²) in [5.74, 6) is 0. The predicted octanol–water partition coefficient (Wildman–Crippen LogP) is 3.42. The quantitative estimate of drug-likeness (QED) is 0.681. The predicted molar refractivity (Wildman–Crippen MR) is 82.8 cm³/mol. The minimum atomic E-state index is -0.237. The molecule has 98 valence electrons. The van der Waals surface area contributed by atoms with Crippen molar-refractivity contribution in [2.24, 2.45) is 4.99 Å². The third-order valence-electron chi connectivity index (χ3n) is 2.74. The van der Waals surface area contributed by atoms with Gasteiger partial charge in [-0.25, -0.2) is 4.79 Å². The third kappa shape index (κ3) is 2.76. The first-order valence-corrected chi connectivity index (χ1v) is 6.63. The number of aromatic nitrogens is 2. The SMILES string of the molecule is C=CC(/C=C\N=C/C)n1c(=O)[nH]c2ccc(Br)cc21. The summed E-state index contributed by atoms with van der Waals surface area (Å²) < 4.78 is 2.57. The molecule has 0 aliphatic heterocycles. The number of aliphatic imine (C=N–C) groups is 1. The molecule has 0 spiro atoms. The van der Waals surface area contributed by atoms with Gasteiger partial charge in [0.15, 0.2) is 0 Å². The molecule has 1 aromatic carbocycles. The molecule has 0 saturated heterocycles. The Morgan fingerprint density at radius 1 is 1.53 bits per heavy atom. The van der Waals surface area contributed by atoms with Crippen molar-refractivity contribution in [3.05, 3.63) is 58.1 Å². The first-order valence-electron chi connectivity index (χ1n) is 5.84. The fraction of sp³-hybridized carbons (Fsp3) is 0.143. The Kier molecular flexibility index (Phi) is 4.16. The second-order valence-corrected chi connectivity index (χ2v) is 4.85. The molecule has 4 nitrogen and oxygen atoms in total. The monoisotopic (exact) mass is 319 g/mol. The Morgan fingerprint density at radius 3 is 3.00 bits per heavy atom. The molecule has 1 N–H and O–H groups in total. The lowest BCUT2D eigenvalue weighted by molar-refractivity contribution is 0.715. The first kappa shape index (κ1) is 13.5. The average Bonchev–Trinajstić information content (AvgIpc) is 2.71. The van der Waals surface area contributed by atoms with E-state index in [4.69, 9.17) is 0 Å². The third-order valence-corrected chi connectivity index (χ3v) is 3.23. The van der Waals surface area contributed by atoms with Crippen molar-refractivity contribution in [3.8, 4) is 0 Å². The Labute approximate surface area is 119 Å². The molecular formula is C14H14BrN3O. The molecule has 0 fully saturated rings. The second-order valence-electron chi connectivity index (χ2n) is 3.94. The van der Waals surface area contributed by atoms with Crippen LogP contribution in [0, 0.1) is 0 Å². The smallest absolute Gasteiger partial charge is 0.306 e. The summed E-state index contributed by atoms with van der Waals surface area (Å²) in [6.07, 6.45) is 6.88. The van der Waals surface area contributed by atoms with Gasteiger partial charge in [0.05, 0.1) is 17.1 Å². The van der Waals surface area contributed by atoms with E-state index in [9.17, 15) is 4.79 Å². The van der Waals surface area contributed by atoms with Crippen molar-refractivity contribution in [1.82, 2.24) is 9.55 Å². The molecule has 2 rings (SSSR count). The molecule has 1 atom stereocenters. The van der Waals surface area contributed by atoms with Gasteiger partial charge in [-0.3, -0.25) is 9.56 Å². The zero-order valence-electron chi connectivity index (χ0n) is 10.5. The van der Waals surface area contributed by atoms with Crippen molar-refractivity contribution >= 4 is 33.2 Å².